The predicted octanol–water partition coefficient (Wildman–Crippen LogP) is 5.54. The van der Waals surface area contributed by atoms with Gasteiger partial charge in [0.15, 0.2) is 0 Å². The van der Waals surface area contributed by atoms with Crippen molar-refractivity contribution in [3.63, 3.8) is 0 Å². The van der Waals surface area contributed by atoms with Gasteiger partial charge in [-0.1, -0.05) is 31.5 Å². The number of anilines is 1. The van der Waals surface area contributed by atoms with E-state index in [-0.39, 0.29) is 5.91 Å². The van der Waals surface area contributed by atoms with Gasteiger partial charge in [0.2, 0.25) is 5.91 Å². The number of benzene rings is 2. The zero-order valence-electron chi connectivity index (χ0n) is 15.9. The average molecular weight is 394 g/mol. The van der Waals surface area contributed by atoms with Gasteiger partial charge in [-0.05, 0) is 42.8 Å². The van der Waals surface area contributed by atoms with Crippen LogP contribution in [0.2, 0.25) is 0 Å². The lowest BCUT2D eigenvalue weighted by Gasteiger charge is -2.12. The Labute approximate surface area is 169 Å². The van der Waals surface area contributed by atoms with Gasteiger partial charge >= 0.3 is 0 Å². The van der Waals surface area contributed by atoms with E-state index in [0.29, 0.717) is 6.42 Å². The fourth-order valence-corrected chi connectivity index (χ4v) is 4.17. The van der Waals surface area contributed by atoms with Gasteiger partial charge in [0.25, 0.3) is 0 Å². The van der Waals surface area contributed by atoms with Gasteiger partial charge in [-0.2, -0.15) is 16.9 Å². The van der Waals surface area contributed by atoms with Gasteiger partial charge in [0, 0.05) is 23.5 Å². The third-order valence-corrected chi connectivity index (χ3v) is 5.60. The van der Waals surface area contributed by atoms with Crippen molar-refractivity contribution in [2.45, 2.75) is 37.7 Å². The molecule has 0 spiro atoms. The average Bonchev–Trinajstić information content (AvgIpc) is 3.30. The normalized spacial score (nSPS) is 12.6. The number of nitrogens with zero attached hydrogens (tertiary/aromatic N) is 2. The van der Waals surface area contributed by atoms with Crippen LogP contribution in [0.4, 0.5) is 5.82 Å². The van der Waals surface area contributed by atoms with E-state index in [1.165, 1.54) is 0 Å². The second-order valence-electron chi connectivity index (χ2n) is 6.74. The van der Waals surface area contributed by atoms with Crippen LogP contribution in [0.15, 0.2) is 54.6 Å². The molecule has 2 heterocycles. The van der Waals surface area contributed by atoms with Crippen LogP contribution >= 0.6 is 11.8 Å². The van der Waals surface area contributed by atoms with Crippen molar-refractivity contribution in [1.82, 2.24) is 9.78 Å². The first-order chi connectivity index (χ1) is 13.7. The van der Waals surface area contributed by atoms with Crippen LogP contribution in [0.1, 0.15) is 37.4 Å². The number of hydrogen-bond donors (Lipinski definition) is 1. The van der Waals surface area contributed by atoms with Crippen molar-refractivity contribution in [3.8, 4) is 17.2 Å². The van der Waals surface area contributed by atoms with Crippen molar-refractivity contribution < 1.29 is 9.53 Å². The molecule has 0 bridgehead atoms. The number of fused-ring (bicyclic) bond motifs is 1. The molecule has 144 valence electrons. The highest BCUT2D eigenvalue weighted by Crippen LogP contribution is 2.36. The van der Waals surface area contributed by atoms with Crippen LogP contribution in [-0.4, -0.2) is 15.7 Å². The summed E-state index contributed by atoms with van der Waals surface area (Å²) in [6.07, 6.45) is 2.43. The molecule has 0 unspecified atom stereocenters. The number of carbonyl (C=O) groups excluding carboxylic acids is 1. The van der Waals surface area contributed by atoms with Gasteiger partial charge in [-0.3, -0.25) is 4.79 Å². The third-order valence-electron chi connectivity index (χ3n) is 4.63. The molecule has 1 aliphatic heterocycles. The van der Waals surface area contributed by atoms with Gasteiger partial charge < -0.3 is 10.1 Å². The van der Waals surface area contributed by atoms with Gasteiger partial charge in [0.05, 0.1) is 11.4 Å². The fraction of sp³-hybridized carbons (Fsp3) is 0.273. The molecule has 1 aliphatic rings. The number of para-hydroxylation sites is 1. The van der Waals surface area contributed by atoms with Crippen LogP contribution in [0.3, 0.4) is 0 Å². The molecule has 0 atom stereocenters. The van der Waals surface area contributed by atoms with E-state index >= 15 is 0 Å². The summed E-state index contributed by atoms with van der Waals surface area (Å²) in [6, 6.07) is 17.5. The highest BCUT2D eigenvalue weighted by Gasteiger charge is 2.24. The maximum atomic E-state index is 12.3. The number of ether oxygens (including phenoxy) is 1. The molecule has 28 heavy (non-hydrogen) atoms. The third kappa shape index (κ3) is 4.07. The van der Waals surface area contributed by atoms with Crippen molar-refractivity contribution >= 4 is 23.5 Å². The summed E-state index contributed by atoms with van der Waals surface area (Å²) in [7, 11) is 0. The summed E-state index contributed by atoms with van der Waals surface area (Å²) in [4.78, 5) is 12.3. The summed E-state index contributed by atoms with van der Waals surface area (Å²) < 4.78 is 7.71. The van der Waals surface area contributed by atoms with Crippen LogP contribution in [0, 0.1) is 0 Å². The molecule has 3 aromatic rings. The number of hydrogen-bond acceptors (Lipinski definition) is 4. The minimum Gasteiger partial charge on any atom is -0.457 e. The van der Waals surface area contributed by atoms with Crippen molar-refractivity contribution in [2.75, 3.05) is 5.32 Å². The molecule has 0 fully saturated rings. The van der Waals surface area contributed by atoms with E-state index in [1.807, 2.05) is 71.0 Å². The Morgan fingerprint density at radius 1 is 1.11 bits per heavy atom. The SMILES string of the molecule is CCCCC(=O)Nc1c2c(nn1-c1ccc(Oc3ccccc3)cc1)CSC2. The Hall–Kier alpha value is -2.73. The van der Waals surface area contributed by atoms with Crippen molar-refractivity contribution in [2.24, 2.45) is 0 Å². The number of carbonyl (C=O) groups is 1. The van der Waals surface area contributed by atoms with Crippen LogP contribution in [-0.2, 0) is 16.3 Å². The van der Waals surface area contributed by atoms with Crippen LogP contribution in [0.25, 0.3) is 5.69 Å². The Bertz CT molecular complexity index is 952. The Morgan fingerprint density at radius 3 is 2.61 bits per heavy atom. The second-order valence-corrected chi connectivity index (χ2v) is 7.72. The number of unbranched alkanes of at least 4 members (excludes halogenated alkanes) is 1. The van der Waals surface area contributed by atoms with Crippen LogP contribution < -0.4 is 10.1 Å². The van der Waals surface area contributed by atoms with E-state index < -0.39 is 0 Å². The fourth-order valence-electron chi connectivity index (χ4n) is 3.14. The molecule has 6 heteroatoms. The lowest BCUT2D eigenvalue weighted by Crippen LogP contribution is -2.15. The number of aromatic nitrogens is 2. The summed E-state index contributed by atoms with van der Waals surface area (Å²) in [5, 5.41) is 7.84. The van der Waals surface area contributed by atoms with Gasteiger partial charge in [-0.25, -0.2) is 4.68 Å². The molecule has 2 aromatic carbocycles. The first-order valence-corrected chi connectivity index (χ1v) is 10.7. The molecule has 0 aliphatic carbocycles. The highest BCUT2D eigenvalue weighted by atomic mass is 32.2. The lowest BCUT2D eigenvalue weighted by molar-refractivity contribution is -0.116. The Morgan fingerprint density at radius 2 is 1.86 bits per heavy atom. The Kier molecular flexibility index (Phi) is 5.67. The predicted molar refractivity (Wildman–Crippen MR) is 113 cm³/mol. The number of amides is 1. The standard InChI is InChI=1S/C22H23N3O2S/c1-2-3-9-21(26)23-22-19-14-28-15-20(19)24-25(22)16-10-12-18(13-11-16)27-17-7-5-4-6-8-17/h4-8,10-13H,2-3,9,14-15H2,1H3,(H,23,26). The molecule has 5 nitrogen and oxygen atoms in total. The van der Waals surface area contributed by atoms with E-state index in [2.05, 4.69) is 12.2 Å². The number of nitrogens with one attached hydrogen (secondary N) is 1. The van der Waals surface area contributed by atoms with E-state index in [9.17, 15) is 4.79 Å². The topological polar surface area (TPSA) is 56.2 Å². The van der Waals surface area contributed by atoms with E-state index in [4.69, 9.17) is 9.84 Å². The lowest BCUT2D eigenvalue weighted by atomic mass is 10.2. The molecule has 1 amide bonds. The highest BCUT2D eigenvalue weighted by molar-refractivity contribution is 7.98. The molecule has 0 saturated carbocycles. The molecular formula is C22H23N3O2S. The molecule has 1 N–H and O–H groups in total. The maximum absolute atomic E-state index is 12.3. The van der Waals surface area contributed by atoms with Gasteiger partial charge in [-0.15, -0.1) is 0 Å². The molecule has 0 saturated heterocycles. The van der Waals surface area contributed by atoms with Crippen LogP contribution in [0.5, 0.6) is 11.5 Å². The molecular weight excluding hydrogens is 370 g/mol. The van der Waals surface area contributed by atoms with E-state index in [0.717, 1.165) is 58.6 Å². The first-order valence-electron chi connectivity index (χ1n) is 9.56. The van der Waals surface area contributed by atoms with Crippen molar-refractivity contribution in [3.05, 3.63) is 65.9 Å². The zero-order chi connectivity index (χ0) is 19.3. The smallest absolute Gasteiger partial charge is 0.225 e. The monoisotopic (exact) mass is 393 g/mol. The minimum atomic E-state index is 0.0479. The van der Waals surface area contributed by atoms with E-state index in [1.54, 1.807) is 0 Å². The first kappa shape index (κ1) is 18.6. The summed E-state index contributed by atoms with van der Waals surface area (Å²) >= 11 is 1.83. The summed E-state index contributed by atoms with van der Waals surface area (Å²) in [6.45, 7) is 2.09. The zero-order valence-corrected chi connectivity index (χ0v) is 16.7. The summed E-state index contributed by atoms with van der Waals surface area (Å²) in [5.74, 6) is 4.18. The second kappa shape index (κ2) is 8.52. The Balaban J connectivity index is 1.57. The minimum absolute atomic E-state index is 0.0479. The molecule has 4 rings (SSSR count). The molecule has 1 aromatic heterocycles. The molecule has 0 radical (unpaired) electrons. The van der Waals surface area contributed by atoms with Gasteiger partial charge in [0.1, 0.15) is 17.3 Å². The summed E-state index contributed by atoms with van der Waals surface area (Å²) in [5.41, 5.74) is 3.10. The largest absolute Gasteiger partial charge is 0.457 e. The number of rotatable bonds is 7. The van der Waals surface area contributed by atoms with Crippen molar-refractivity contribution in [1.29, 1.82) is 0 Å². The quantitative estimate of drug-likeness (QED) is 0.572. The maximum Gasteiger partial charge on any atom is 0.225 e. The number of thioether (sulfide) groups is 1.